The van der Waals surface area contributed by atoms with Crippen LogP contribution in [-0.4, -0.2) is 46.5 Å². The molecule has 0 amide bonds. The summed E-state index contributed by atoms with van der Waals surface area (Å²) in [6.07, 6.45) is 1.48. The molecule has 1 aromatic carbocycles. The van der Waals surface area contributed by atoms with Gasteiger partial charge in [0.05, 0.1) is 38.1 Å². The average Bonchev–Trinajstić information content (AvgIpc) is 2.47. The van der Waals surface area contributed by atoms with E-state index >= 15 is 0 Å². The number of benzene rings is 1. The summed E-state index contributed by atoms with van der Waals surface area (Å²) in [5, 5.41) is 9.18. The summed E-state index contributed by atoms with van der Waals surface area (Å²) in [6.45, 7) is 3.42. The summed E-state index contributed by atoms with van der Waals surface area (Å²) in [5.74, 6) is 0. The Bertz CT molecular complexity index is 624. The van der Waals surface area contributed by atoms with Crippen LogP contribution in [0.1, 0.15) is 0 Å². The molecule has 1 heterocycles. The number of piperazine rings is 1. The molecule has 1 N–H and O–H groups in total. The van der Waals surface area contributed by atoms with Crippen LogP contribution in [0.3, 0.4) is 0 Å². The number of nitrogens with zero attached hydrogens (tertiary/aromatic N) is 2. The SMILES string of the molecule is C[NH+]1CCN(/C=C(\C#N)S(=O)(=O)c2ccccc2)CC1. The maximum atomic E-state index is 12.4. The number of allylic oxidation sites excluding steroid dienone is 1. The maximum absolute atomic E-state index is 12.4. The summed E-state index contributed by atoms with van der Waals surface area (Å²) in [7, 11) is -1.61. The number of sulfone groups is 1. The summed E-state index contributed by atoms with van der Waals surface area (Å²) in [4.78, 5) is 3.29. The van der Waals surface area contributed by atoms with Crippen molar-refractivity contribution in [3.8, 4) is 6.07 Å². The van der Waals surface area contributed by atoms with Gasteiger partial charge in [0.15, 0.2) is 4.91 Å². The van der Waals surface area contributed by atoms with E-state index < -0.39 is 9.84 Å². The third-order valence-corrected chi connectivity index (χ3v) is 5.07. The number of likely N-dealkylation sites (N-methyl/N-ethyl adjacent to an activating group) is 1. The Hall–Kier alpha value is -1.84. The molecule has 0 bridgehead atoms. The van der Waals surface area contributed by atoms with Gasteiger partial charge in [-0.15, -0.1) is 0 Å². The van der Waals surface area contributed by atoms with Crippen molar-refractivity contribution in [1.82, 2.24) is 4.90 Å². The van der Waals surface area contributed by atoms with Crippen LogP contribution < -0.4 is 4.90 Å². The minimum Gasteiger partial charge on any atom is -0.364 e. The van der Waals surface area contributed by atoms with E-state index in [1.807, 2.05) is 11.0 Å². The third-order valence-electron chi connectivity index (χ3n) is 3.40. The number of hydrogen-bond donors (Lipinski definition) is 1. The molecular formula is C14H18N3O2S+. The van der Waals surface area contributed by atoms with Crippen LogP contribution in [0.2, 0.25) is 0 Å². The zero-order chi connectivity index (χ0) is 14.6. The maximum Gasteiger partial charge on any atom is 0.218 e. The third kappa shape index (κ3) is 3.18. The monoisotopic (exact) mass is 292 g/mol. The minimum absolute atomic E-state index is 0.160. The molecule has 1 aromatic rings. The van der Waals surface area contributed by atoms with E-state index in [-0.39, 0.29) is 9.80 Å². The molecule has 2 rings (SSSR count). The van der Waals surface area contributed by atoms with Gasteiger partial charge in [-0.1, -0.05) is 18.2 Å². The highest BCUT2D eigenvalue weighted by Gasteiger charge is 2.23. The quantitative estimate of drug-likeness (QED) is 0.774. The normalized spacial score (nSPS) is 17.8. The molecule has 5 nitrogen and oxygen atoms in total. The van der Waals surface area contributed by atoms with Gasteiger partial charge in [0.1, 0.15) is 6.07 Å². The van der Waals surface area contributed by atoms with Crippen molar-refractivity contribution in [3.05, 3.63) is 41.4 Å². The zero-order valence-electron chi connectivity index (χ0n) is 11.4. The first-order valence-electron chi connectivity index (χ1n) is 6.51. The van der Waals surface area contributed by atoms with Gasteiger partial charge in [-0.2, -0.15) is 5.26 Å². The Morgan fingerprint density at radius 2 is 1.90 bits per heavy atom. The van der Waals surface area contributed by atoms with Gasteiger partial charge in [0.25, 0.3) is 0 Å². The van der Waals surface area contributed by atoms with Gasteiger partial charge in [0.2, 0.25) is 9.84 Å². The van der Waals surface area contributed by atoms with Crippen molar-refractivity contribution in [3.63, 3.8) is 0 Å². The summed E-state index contributed by atoms with van der Waals surface area (Å²) < 4.78 is 24.8. The molecule has 0 unspecified atom stereocenters. The first-order valence-corrected chi connectivity index (χ1v) is 8.00. The lowest BCUT2D eigenvalue weighted by Crippen LogP contribution is -3.11. The molecule has 0 aromatic heterocycles. The smallest absolute Gasteiger partial charge is 0.218 e. The van der Waals surface area contributed by atoms with Crippen LogP contribution in [0.4, 0.5) is 0 Å². The van der Waals surface area contributed by atoms with Crippen molar-refractivity contribution in [2.75, 3.05) is 33.2 Å². The second kappa shape index (κ2) is 6.07. The first-order chi connectivity index (χ1) is 9.54. The summed E-state index contributed by atoms with van der Waals surface area (Å²) in [6, 6.07) is 9.90. The lowest BCUT2D eigenvalue weighted by atomic mass is 10.3. The number of nitriles is 1. The van der Waals surface area contributed by atoms with E-state index in [9.17, 15) is 13.7 Å². The molecule has 0 atom stereocenters. The lowest BCUT2D eigenvalue weighted by Gasteiger charge is -2.29. The highest BCUT2D eigenvalue weighted by molar-refractivity contribution is 7.95. The fourth-order valence-corrected chi connectivity index (χ4v) is 3.26. The highest BCUT2D eigenvalue weighted by Crippen LogP contribution is 2.18. The van der Waals surface area contributed by atoms with E-state index in [0.29, 0.717) is 0 Å². The Balaban J connectivity index is 2.27. The number of hydrogen-bond acceptors (Lipinski definition) is 4. The van der Waals surface area contributed by atoms with E-state index in [2.05, 4.69) is 7.05 Å². The standard InChI is InChI=1S/C14H17N3O2S/c1-16-7-9-17(10-8-16)12-14(11-15)20(18,19)13-5-3-2-4-6-13/h2-6,12H,7-10H2,1H3/p+1/b14-12+. The second-order valence-electron chi connectivity index (χ2n) is 4.91. The first kappa shape index (κ1) is 14.6. The minimum atomic E-state index is -3.71. The fraction of sp³-hybridized carbons (Fsp3) is 0.357. The predicted octanol–water partition coefficient (Wildman–Crippen LogP) is -0.344. The fourth-order valence-electron chi connectivity index (χ4n) is 2.09. The van der Waals surface area contributed by atoms with Crippen molar-refractivity contribution in [2.24, 2.45) is 0 Å². The van der Waals surface area contributed by atoms with Crippen molar-refractivity contribution < 1.29 is 13.3 Å². The van der Waals surface area contributed by atoms with Crippen LogP contribution in [0, 0.1) is 11.3 Å². The Morgan fingerprint density at radius 1 is 1.30 bits per heavy atom. The Labute approximate surface area is 119 Å². The summed E-state index contributed by atoms with van der Waals surface area (Å²) in [5.41, 5.74) is 0. The Kier molecular flexibility index (Phi) is 4.42. The topological polar surface area (TPSA) is 65.6 Å². The van der Waals surface area contributed by atoms with Crippen LogP contribution in [0.15, 0.2) is 46.3 Å². The predicted molar refractivity (Wildman–Crippen MR) is 75.5 cm³/mol. The van der Waals surface area contributed by atoms with E-state index in [1.54, 1.807) is 18.2 Å². The van der Waals surface area contributed by atoms with Crippen molar-refractivity contribution in [1.29, 1.82) is 5.26 Å². The molecule has 0 radical (unpaired) electrons. The van der Waals surface area contributed by atoms with Crippen molar-refractivity contribution in [2.45, 2.75) is 4.90 Å². The second-order valence-corrected chi connectivity index (χ2v) is 6.83. The molecule has 0 spiro atoms. The zero-order valence-corrected chi connectivity index (χ0v) is 12.2. The van der Waals surface area contributed by atoms with Crippen LogP contribution in [0.25, 0.3) is 0 Å². The molecule has 20 heavy (non-hydrogen) atoms. The molecule has 0 saturated carbocycles. The summed E-state index contributed by atoms with van der Waals surface area (Å²) >= 11 is 0. The van der Waals surface area contributed by atoms with Gasteiger partial charge in [-0.25, -0.2) is 8.42 Å². The van der Waals surface area contributed by atoms with E-state index in [0.717, 1.165) is 26.2 Å². The van der Waals surface area contributed by atoms with Gasteiger partial charge in [0, 0.05) is 6.20 Å². The largest absolute Gasteiger partial charge is 0.364 e. The van der Waals surface area contributed by atoms with Gasteiger partial charge >= 0.3 is 0 Å². The van der Waals surface area contributed by atoms with Gasteiger partial charge in [-0.3, -0.25) is 0 Å². The van der Waals surface area contributed by atoms with Crippen LogP contribution in [0.5, 0.6) is 0 Å². The molecular weight excluding hydrogens is 274 g/mol. The van der Waals surface area contributed by atoms with E-state index in [1.165, 1.54) is 23.2 Å². The molecule has 1 saturated heterocycles. The molecule has 6 heteroatoms. The molecule has 0 aliphatic carbocycles. The number of rotatable bonds is 3. The Morgan fingerprint density at radius 3 is 2.45 bits per heavy atom. The lowest BCUT2D eigenvalue weighted by molar-refractivity contribution is -0.883. The molecule has 1 aliphatic rings. The van der Waals surface area contributed by atoms with Gasteiger partial charge < -0.3 is 9.80 Å². The number of quaternary nitrogens is 1. The van der Waals surface area contributed by atoms with E-state index in [4.69, 9.17) is 0 Å². The van der Waals surface area contributed by atoms with Gasteiger partial charge in [-0.05, 0) is 12.1 Å². The molecule has 106 valence electrons. The number of nitrogens with one attached hydrogen (secondary N) is 1. The molecule has 1 aliphatic heterocycles. The average molecular weight is 292 g/mol. The van der Waals surface area contributed by atoms with Crippen LogP contribution in [-0.2, 0) is 9.84 Å². The molecule has 1 fully saturated rings. The van der Waals surface area contributed by atoms with Crippen molar-refractivity contribution >= 4 is 9.84 Å². The van der Waals surface area contributed by atoms with Crippen LogP contribution >= 0.6 is 0 Å². The highest BCUT2D eigenvalue weighted by atomic mass is 32.2.